The molecule has 0 unspecified atom stereocenters. The van der Waals surface area contributed by atoms with Gasteiger partial charge >= 0.3 is 29.6 Å². The number of aromatic nitrogens is 1. The third-order valence-corrected chi connectivity index (χ3v) is 8.65. The second-order valence-electron chi connectivity index (χ2n) is 8.71. The second kappa shape index (κ2) is 11.7. The van der Waals surface area contributed by atoms with E-state index in [0.717, 1.165) is 44.6 Å². The standard InChI is InChI=1S/C26H21N3O8S3.Na/c1-3-37-20-13-18(39(31,32)33)11-16-12-22(40(34,35)36)24(25(30)23(16)20)29-28-17-7-5-15(6-8-17)26-27-19-9-4-14(2)10-21(19)38-26;/h4-13,30H,3H2,1-2H3,(H,31,32,33)(H,34,35,36);/q;+1. The van der Waals surface area contributed by atoms with Crippen LogP contribution < -0.4 is 34.3 Å². The molecule has 1 heterocycles. The number of thiazole rings is 1. The number of aryl methyl sites for hydroxylation is 1. The van der Waals surface area contributed by atoms with Crippen molar-refractivity contribution in [1.82, 2.24) is 4.98 Å². The molecule has 5 aromatic rings. The van der Waals surface area contributed by atoms with Crippen LogP contribution in [0, 0.1) is 6.92 Å². The largest absolute Gasteiger partial charge is 1.00 e. The minimum absolute atomic E-state index is 0. The Hall–Kier alpha value is -2.95. The van der Waals surface area contributed by atoms with E-state index in [1.807, 2.05) is 19.1 Å². The summed E-state index contributed by atoms with van der Waals surface area (Å²) >= 11 is 1.54. The zero-order valence-electron chi connectivity index (χ0n) is 21.9. The molecule has 0 aliphatic carbocycles. The van der Waals surface area contributed by atoms with Crippen LogP contribution in [0.1, 0.15) is 12.5 Å². The molecule has 1 aromatic heterocycles. The van der Waals surface area contributed by atoms with Gasteiger partial charge in [-0.15, -0.1) is 16.5 Å². The minimum Gasteiger partial charge on any atom is -0.505 e. The summed E-state index contributed by atoms with van der Waals surface area (Å²) in [5.74, 6) is -0.876. The molecule has 0 atom stereocenters. The Morgan fingerprint density at radius 3 is 2.27 bits per heavy atom. The number of hydrogen-bond donors (Lipinski definition) is 3. The van der Waals surface area contributed by atoms with Crippen LogP contribution in [-0.2, 0) is 20.2 Å². The number of azo groups is 1. The molecular formula is C26H21N3NaO8S3+. The molecule has 4 aromatic carbocycles. The number of rotatable bonds is 7. The quantitative estimate of drug-likeness (QED) is 0.139. The van der Waals surface area contributed by atoms with E-state index in [-0.39, 0.29) is 52.7 Å². The van der Waals surface area contributed by atoms with E-state index in [1.54, 1.807) is 31.2 Å². The first-order valence-corrected chi connectivity index (χ1v) is 15.4. The van der Waals surface area contributed by atoms with Gasteiger partial charge in [-0.2, -0.15) is 21.9 Å². The number of hydrogen-bond acceptors (Lipinski definition) is 10. The van der Waals surface area contributed by atoms with E-state index in [1.165, 1.54) is 11.3 Å². The summed E-state index contributed by atoms with van der Waals surface area (Å²) in [6.07, 6.45) is 0. The SMILES string of the molecule is CCOc1cc(S(=O)(=O)O)cc2cc(S(=O)(=O)O)c(N=Nc3ccc(-c4nc5ccc(C)cc5s4)cc3)c(O)c12.[Na+]. The van der Waals surface area contributed by atoms with Crippen molar-refractivity contribution < 1.29 is 65.3 Å². The van der Waals surface area contributed by atoms with Crippen LogP contribution in [0.15, 0.2) is 80.7 Å². The number of benzene rings is 4. The average Bonchev–Trinajstić information content (AvgIpc) is 3.30. The molecule has 3 N–H and O–H groups in total. The molecule has 11 nitrogen and oxygen atoms in total. The second-order valence-corrected chi connectivity index (χ2v) is 12.6. The molecule has 0 saturated heterocycles. The fourth-order valence-electron chi connectivity index (χ4n) is 4.07. The Morgan fingerprint density at radius 2 is 1.63 bits per heavy atom. The smallest absolute Gasteiger partial charge is 0.505 e. The van der Waals surface area contributed by atoms with Crippen molar-refractivity contribution in [3.8, 4) is 22.1 Å². The Morgan fingerprint density at radius 1 is 0.927 bits per heavy atom. The molecule has 0 radical (unpaired) electrons. The Labute approximate surface area is 261 Å². The maximum absolute atomic E-state index is 12.2. The Bertz CT molecular complexity index is 2040. The van der Waals surface area contributed by atoms with Crippen molar-refractivity contribution in [3.05, 3.63) is 66.2 Å². The van der Waals surface area contributed by atoms with Gasteiger partial charge in [-0.1, -0.05) is 6.07 Å². The van der Waals surface area contributed by atoms with Crippen molar-refractivity contribution in [3.63, 3.8) is 0 Å². The van der Waals surface area contributed by atoms with Gasteiger partial charge in [-0.3, -0.25) is 9.11 Å². The molecule has 0 aliphatic rings. The van der Waals surface area contributed by atoms with Crippen molar-refractivity contribution in [2.75, 3.05) is 6.61 Å². The van der Waals surface area contributed by atoms with Crippen LogP contribution in [0.3, 0.4) is 0 Å². The molecule has 15 heteroatoms. The van der Waals surface area contributed by atoms with E-state index in [4.69, 9.17) is 4.74 Å². The van der Waals surface area contributed by atoms with Gasteiger partial charge in [0.15, 0.2) is 5.75 Å². The zero-order chi connectivity index (χ0) is 28.8. The maximum Gasteiger partial charge on any atom is 1.00 e. The zero-order valence-corrected chi connectivity index (χ0v) is 26.4. The number of phenols is 1. The van der Waals surface area contributed by atoms with E-state index >= 15 is 0 Å². The number of fused-ring (bicyclic) bond motifs is 2. The minimum atomic E-state index is -4.96. The summed E-state index contributed by atoms with van der Waals surface area (Å²) in [6.45, 7) is 3.67. The fourth-order valence-corrected chi connectivity index (χ4v) is 6.33. The molecule has 0 aliphatic heterocycles. The molecule has 0 spiro atoms. The monoisotopic (exact) mass is 622 g/mol. The van der Waals surface area contributed by atoms with Gasteiger partial charge < -0.3 is 9.84 Å². The van der Waals surface area contributed by atoms with Gasteiger partial charge in [-0.25, -0.2) is 4.98 Å². The van der Waals surface area contributed by atoms with E-state index < -0.39 is 41.5 Å². The first-order valence-electron chi connectivity index (χ1n) is 11.7. The van der Waals surface area contributed by atoms with Crippen LogP contribution in [0.25, 0.3) is 31.6 Å². The number of ether oxygens (including phenoxy) is 1. The third kappa shape index (κ3) is 6.44. The van der Waals surface area contributed by atoms with E-state index in [9.17, 15) is 31.0 Å². The maximum atomic E-state index is 12.2. The summed E-state index contributed by atoms with van der Waals surface area (Å²) in [4.78, 5) is 3.23. The normalized spacial score (nSPS) is 12.2. The predicted octanol–water partition coefficient (Wildman–Crippen LogP) is 3.44. The number of aromatic hydroxyl groups is 1. The molecule has 0 bridgehead atoms. The summed E-state index contributed by atoms with van der Waals surface area (Å²) in [5.41, 5.74) is 2.58. The van der Waals surface area contributed by atoms with Gasteiger partial charge in [0, 0.05) is 11.6 Å². The first kappa shape index (κ1) is 31.0. The van der Waals surface area contributed by atoms with Gasteiger partial charge in [-0.05, 0) is 73.3 Å². The summed E-state index contributed by atoms with van der Waals surface area (Å²) < 4.78 is 73.7. The van der Waals surface area contributed by atoms with Crippen LogP contribution >= 0.6 is 11.3 Å². The molecule has 0 amide bonds. The summed E-state index contributed by atoms with van der Waals surface area (Å²) in [5, 5.41) is 19.5. The van der Waals surface area contributed by atoms with Gasteiger partial charge in [0.05, 0.1) is 32.8 Å². The molecule has 206 valence electrons. The fraction of sp³-hybridized carbons (Fsp3) is 0.115. The number of phenolic OH excluding ortho intramolecular Hbond substituents is 1. The Balaban J connectivity index is 0.00000387. The molecule has 41 heavy (non-hydrogen) atoms. The summed E-state index contributed by atoms with van der Waals surface area (Å²) in [6, 6.07) is 15.6. The Kier molecular flexibility index (Phi) is 8.87. The molecule has 0 saturated carbocycles. The van der Waals surface area contributed by atoms with Gasteiger partial charge in [0.1, 0.15) is 21.3 Å². The molecular weight excluding hydrogens is 601 g/mol. The topological polar surface area (TPSA) is 176 Å². The molecule has 0 fully saturated rings. The number of nitrogens with zero attached hydrogens (tertiary/aromatic N) is 3. The van der Waals surface area contributed by atoms with Crippen LogP contribution in [0.2, 0.25) is 0 Å². The van der Waals surface area contributed by atoms with Crippen LogP contribution in [0.5, 0.6) is 11.5 Å². The first-order chi connectivity index (χ1) is 18.8. The van der Waals surface area contributed by atoms with Crippen molar-refractivity contribution in [1.29, 1.82) is 0 Å². The van der Waals surface area contributed by atoms with Crippen molar-refractivity contribution >= 4 is 63.9 Å². The van der Waals surface area contributed by atoms with Gasteiger partial charge in [0.25, 0.3) is 20.2 Å². The predicted molar refractivity (Wildman–Crippen MR) is 150 cm³/mol. The summed E-state index contributed by atoms with van der Waals surface area (Å²) in [7, 11) is -9.66. The van der Waals surface area contributed by atoms with E-state index in [2.05, 4.69) is 21.3 Å². The van der Waals surface area contributed by atoms with Crippen molar-refractivity contribution in [2.45, 2.75) is 23.6 Å². The molecule has 5 rings (SSSR count). The average molecular weight is 623 g/mol. The van der Waals surface area contributed by atoms with Crippen molar-refractivity contribution in [2.24, 2.45) is 10.2 Å². The van der Waals surface area contributed by atoms with Crippen LogP contribution in [0.4, 0.5) is 11.4 Å². The van der Waals surface area contributed by atoms with Crippen LogP contribution in [-0.4, -0.2) is 42.6 Å². The van der Waals surface area contributed by atoms with Gasteiger partial charge in [0.2, 0.25) is 0 Å². The van der Waals surface area contributed by atoms with E-state index in [0.29, 0.717) is 5.69 Å². The third-order valence-electron chi connectivity index (χ3n) is 5.89.